The Labute approximate surface area is 107 Å². The molecular weight excluding hydrogens is 230 g/mol. The zero-order valence-electron chi connectivity index (χ0n) is 10.8. The molecule has 1 aliphatic heterocycles. The van der Waals surface area contributed by atoms with E-state index in [1.54, 1.807) is 7.11 Å². The molecule has 2 atom stereocenters. The Balaban J connectivity index is 1.94. The molecule has 18 heavy (non-hydrogen) atoms. The van der Waals surface area contributed by atoms with Gasteiger partial charge in [-0.2, -0.15) is 0 Å². The van der Waals surface area contributed by atoms with E-state index < -0.39 is 0 Å². The molecule has 2 rings (SSSR count). The standard InChI is InChI=1S/C14H19NO3/c1-10(9-17-2)18-14(16)13-7-11-5-3-4-6-12(11)8-15-13/h3-6,10,13,15H,7-9H2,1-2H3/t10?,13-/m1/s1. The van der Waals surface area contributed by atoms with Crippen LogP contribution in [0.25, 0.3) is 0 Å². The number of carbonyl (C=O) groups is 1. The SMILES string of the molecule is COCC(C)OC(=O)[C@H]1Cc2ccccc2CN1. The van der Waals surface area contributed by atoms with E-state index in [-0.39, 0.29) is 18.1 Å². The quantitative estimate of drug-likeness (QED) is 0.817. The maximum atomic E-state index is 12.0. The lowest BCUT2D eigenvalue weighted by Gasteiger charge is -2.25. The van der Waals surface area contributed by atoms with Crippen LogP contribution in [0.5, 0.6) is 0 Å². The van der Waals surface area contributed by atoms with E-state index in [4.69, 9.17) is 9.47 Å². The van der Waals surface area contributed by atoms with Crippen LogP contribution in [-0.4, -0.2) is 31.8 Å². The molecule has 1 aromatic rings. The van der Waals surface area contributed by atoms with Crippen molar-refractivity contribution in [2.75, 3.05) is 13.7 Å². The van der Waals surface area contributed by atoms with Crippen LogP contribution in [0.1, 0.15) is 18.1 Å². The first-order valence-electron chi connectivity index (χ1n) is 6.20. The van der Waals surface area contributed by atoms with Crippen LogP contribution in [0, 0.1) is 0 Å². The fraction of sp³-hybridized carbons (Fsp3) is 0.500. The van der Waals surface area contributed by atoms with Crippen LogP contribution in [0.2, 0.25) is 0 Å². The van der Waals surface area contributed by atoms with Gasteiger partial charge in [0.25, 0.3) is 0 Å². The maximum absolute atomic E-state index is 12.0. The minimum absolute atomic E-state index is 0.200. The number of hydrogen-bond acceptors (Lipinski definition) is 4. The van der Waals surface area contributed by atoms with Crippen molar-refractivity contribution in [3.05, 3.63) is 35.4 Å². The van der Waals surface area contributed by atoms with Crippen molar-refractivity contribution in [3.63, 3.8) is 0 Å². The van der Waals surface area contributed by atoms with Crippen LogP contribution in [0.3, 0.4) is 0 Å². The normalized spacial score (nSPS) is 20.0. The molecule has 1 unspecified atom stereocenters. The average Bonchev–Trinajstić information content (AvgIpc) is 2.38. The zero-order valence-corrected chi connectivity index (χ0v) is 10.8. The molecule has 0 fully saturated rings. The zero-order chi connectivity index (χ0) is 13.0. The molecule has 98 valence electrons. The summed E-state index contributed by atoms with van der Waals surface area (Å²) in [5, 5.41) is 3.21. The molecule has 1 heterocycles. The third-order valence-corrected chi connectivity index (χ3v) is 3.08. The number of fused-ring (bicyclic) bond motifs is 1. The van der Waals surface area contributed by atoms with E-state index in [1.807, 2.05) is 19.1 Å². The maximum Gasteiger partial charge on any atom is 0.323 e. The van der Waals surface area contributed by atoms with Gasteiger partial charge >= 0.3 is 5.97 Å². The van der Waals surface area contributed by atoms with Crippen molar-refractivity contribution in [3.8, 4) is 0 Å². The minimum Gasteiger partial charge on any atom is -0.459 e. The van der Waals surface area contributed by atoms with Gasteiger partial charge in [0.15, 0.2) is 0 Å². The summed E-state index contributed by atoms with van der Waals surface area (Å²) < 4.78 is 10.3. The lowest BCUT2D eigenvalue weighted by molar-refractivity contribution is -0.153. The summed E-state index contributed by atoms with van der Waals surface area (Å²) in [4.78, 5) is 12.0. The highest BCUT2D eigenvalue weighted by Gasteiger charge is 2.26. The van der Waals surface area contributed by atoms with Gasteiger partial charge in [0, 0.05) is 13.7 Å². The molecule has 1 N–H and O–H groups in total. The number of hydrogen-bond donors (Lipinski definition) is 1. The van der Waals surface area contributed by atoms with Crippen molar-refractivity contribution >= 4 is 5.97 Å². The molecule has 1 aromatic carbocycles. The monoisotopic (exact) mass is 249 g/mol. The van der Waals surface area contributed by atoms with Crippen LogP contribution in [0.15, 0.2) is 24.3 Å². The summed E-state index contributed by atoms with van der Waals surface area (Å²) >= 11 is 0. The van der Waals surface area contributed by atoms with Gasteiger partial charge in [-0.15, -0.1) is 0 Å². The third kappa shape index (κ3) is 3.09. The van der Waals surface area contributed by atoms with E-state index in [0.717, 1.165) is 0 Å². The van der Waals surface area contributed by atoms with E-state index >= 15 is 0 Å². The molecule has 0 spiro atoms. The second-order valence-electron chi connectivity index (χ2n) is 4.61. The molecular formula is C14H19NO3. The van der Waals surface area contributed by atoms with Crippen LogP contribution < -0.4 is 5.32 Å². The first-order valence-corrected chi connectivity index (χ1v) is 6.20. The topological polar surface area (TPSA) is 47.6 Å². The van der Waals surface area contributed by atoms with Crippen molar-refractivity contribution in [2.24, 2.45) is 0 Å². The van der Waals surface area contributed by atoms with Gasteiger partial charge in [0.1, 0.15) is 12.1 Å². The van der Waals surface area contributed by atoms with Gasteiger partial charge in [-0.25, -0.2) is 0 Å². The lowest BCUT2D eigenvalue weighted by Crippen LogP contribution is -2.44. The van der Waals surface area contributed by atoms with E-state index in [0.29, 0.717) is 19.6 Å². The number of methoxy groups -OCH3 is 1. The van der Waals surface area contributed by atoms with Crippen LogP contribution in [0.4, 0.5) is 0 Å². The van der Waals surface area contributed by atoms with Gasteiger partial charge in [-0.05, 0) is 24.5 Å². The molecule has 1 aliphatic rings. The molecule has 0 saturated carbocycles. The number of ether oxygens (including phenoxy) is 2. The predicted octanol–water partition coefficient (Wildman–Crippen LogP) is 1.28. The minimum atomic E-state index is -0.251. The molecule has 0 bridgehead atoms. The van der Waals surface area contributed by atoms with Gasteiger partial charge in [0.05, 0.1) is 6.61 Å². The first kappa shape index (κ1) is 13.1. The third-order valence-electron chi connectivity index (χ3n) is 3.08. The van der Waals surface area contributed by atoms with E-state index in [2.05, 4.69) is 17.4 Å². The fourth-order valence-electron chi connectivity index (χ4n) is 2.17. The highest BCUT2D eigenvalue weighted by Crippen LogP contribution is 2.17. The molecule has 0 radical (unpaired) electrons. The number of rotatable bonds is 4. The van der Waals surface area contributed by atoms with Crippen molar-refractivity contribution < 1.29 is 14.3 Å². The first-order chi connectivity index (χ1) is 8.70. The fourth-order valence-corrected chi connectivity index (χ4v) is 2.17. The van der Waals surface area contributed by atoms with Gasteiger partial charge in [-0.3, -0.25) is 4.79 Å². The highest BCUT2D eigenvalue weighted by atomic mass is 16.6. The number of benzene rings is 1. The molecule has 4 heteroatoms. The highest BCUT2D eigenvalue weighted by molar-refractivity contribution is 5.76. The van der Waals surface area contributed by atoms with Gasteiger partial charge in [0.2, 0.25) is 0 Å². The molecule has 0 aromatic heterocycles. The van der Waals surface area contributed by atoms with Gasteiger partial charge in [-0.1, -0.05) is 24.3 Å². The Kier molecular flexibility index (Phi) is 4.33. The van der Waals surface area contributed by atoms with Crippen LogP contribution >= 0.6 is 0 Å². The van der Waals surface area contributed by atoms with Crippen LogP contribution in [-0.2, 0) is 27.2 Å². The summed E-state index contributed by atoms with van der Waals surface area (Å²) in [7, 11) is 1.60. The largest absolute Gasteiger partial charge is 0.459 e. The Morgan fingerprint density at radius 1 is 1.44 bits per heavy atom. The Morgan fingerprint density at radius 2 is 2.17 bits per heavy atom. The van der Waals surface area contributed by atoms with Crippen molar-refractivity contribution in [2.45, 2.75) is 32.0 Å². The second kappa shape index (κ2) is 5.98. The van der Waals surface area contributed by atoms with Crippen molar-refractivity contribution in [1.29, 1.82) is 0 Å². The molecule has 4 nitrogen and oxygen atoms in total. The second-order valence-corrected chi connectivity index (χ2v) is 4.61. The Hall–Kier alpha value is -1.39. The Morgan fingerprint density at radius 3 is 2.89 bits per heavy atom. The van der Waals surface area contributed by atoms with Crippen molar-refractivity contribution in [1.82, 2.24) is 5.32 Å². The number of carbonyl (C=O) groups excluding carboxylic acids is 1. The summed E-state index contributed by atoms with van der Waals surface area (Å²) in [5.74, 6) is -0.200. The smallest absolute Gasteiger partial charge is 0.323 e. The molecule has 0 amide bonds. The summed E-state index contributed by atoms with van der Waals surface area (Å²) in [6, 6.07) is 7.91. The Bertz CT molecular complexity index is 419. The summed E-state index contributed by atoms with van der Waals surface area (Å²) in [6.45, 7) is 2.97. The summed E-state index contributed by atoms with van der Waals surface area (Å²) in [5.41, 5.74) is 2.48. The lowest BCUT2D eigenvalue weighted by atomic mass is 9.96. The number of nitrogens with one attached hydrogen (secondary N) is 1. The van der Waals surface area contributed by atoms with Gasteiger partial charge < -0.3 is 14.8 Å². The molecule has 0 aliphatic carbocycles. The van der Waals surface area contributed by atoms with E-state index in [1.165, 1.54) is 11.1 Å². The number of esters is 1. The average molecular weight is 249 g/mol. The van der Waals surface area contributed by atoms with E-state index in [9.17, 15) is 4.79 Å². The summed E-state index contributed by atoms with van der Waals surface area (Å²) in [6.07, 6.45) is 0.482. The predicted molar refractivity (Wildman–Crippen MR) is 68.2 cm³/mol. The molecule has 0 saturated heterocycles.